The van der Waals surface area contributed by atoms with Crippen molar-refractivity contribution in [2.24, 2.45) is 0 Å². The predicted molar refractivity (Wildman–Crippen MR) is 149 cm³/mol. The van der Waals surface area contributed by atoms with Gasteiger partial charge >= 0.3 is 18.1 Å². The summed E-state index contributed by atoms with van der Waals surface area (Å²) >= 11 is 0. The molecule has 1 aliphatic heterocycles. The molecule has 222 valence electrons. The van der Waals surface area contributed by atoms with Crippen molar-refractivity contribution in [3.05, 3.63) is 77.9 Å². The van der Waals surface area contributed by atoms with Crippen molar-refractivity contribution in [1.29, 1.82) is 0 Å². The van der Waals surface area contributed by atoms with E-state index in [1.165, 1.54) is 26.0 Å². The van der Waals surface area contributed by atoms with E-state index in [1.807, 2.05) is 6.07 Å². The lowest BCUT2D eigenvalue weighted by molar-refractivity contribution is -0.186. The van der Waals surface area contributed by atoms with Gasteiger partial charge in [0.2, 0.25) is 0 Å². The Kier molecular flexibility index (Phi) is 9.12. The topological polar surface area (TPSA) is 84.9 Å². The Hall–Kier alpha value is -4.10. The van der Waals surface area contributed by atoms with Gasteiger partial charge in [0.1, 0.15) is 11.4 Å². The number of alkyl halides is 3. The molecule has 1 saturated heterocycles. The number of fused-ring (bicyclic) bond motifs is 1. The van der Waals surface area contributed by atoms with Crippen molar-refractivity contribution in [3.63, 3.8) is 0 Å². The lowest BCUT2D eigenvalue weighted by Gasteiger charge is -2.59. The minimum absolute atomic E-state index is 0.281. The summed E-state index contributed by atoms with van der Waals surface area (Å²) in [6.07, 6.45) is -0.664. The highest BCUT2D eigenvalue weighted by Gasteiger charge is 2.60. The molecule has 7 nitrogen and oxygen atoms in total. The summed E-state index contributed by atoms with van der Waals surface area (Å²) < 4.78 is 50.1. The van der Waals surface area contributed by atoms with Gasteiger partial charge in [-0.2, -0.15) is 13.2 Å². The second-order valence-corrected chi connectivity index (χ2v) is 10.8. The van der Waals surface area contributed by atoms with Crippen molar-refractivity contribution in [3.8, 4) is 17.6 Å². The van der Waals surface area contributed by atoms with E-state index < -0.39 is 40.6 Å². The molecule has 1 saturated carbocycles. The Bertz CT molecular complexity index is 1410. The van der Waals surface area contributed by atoms with Crippen LogP contribution < -0.4 is 10.1 Å². The van der Waals surface area contributed by atoms with Crippen LogP contribution in [0.15, 0.2) is 61.2 Å². The van der Waals surface area contributed by atoms with E-state index in [-0.39, 0.29) is 11.6 Å². The number of amides is 1. The van der Waals surface area contributed by atoms with Gasteiger partial charge in [0.05, 0.1) is 5.56 Å². The van der Waals surface area contributed by atoms with E-state index in [9.17, 15) is 27.6 Å². The molecule has 3 atom stereocenters. The van der Waals surface area contributed by atoms with Gasteiger partial charge in [-0.05, 0) is 74.2 Å². The molecule has 1 amide bonds. The van der Waals surface area contributed by atoms with Crippen LogP contribution in [0.4, 0.5) is 13.2 Å². The Morgan fingerprint density at radius 1 is 1.12 bits per heavy atom. The van der Waals surface area contributed by atoms with E-state index in [0.29, 0.717) is 51.1 Å². The van der Waals surface area contributed by atoms with Gasteiger partial charge in [-0.25, -0.2) is 0 Å². The molecule has 10 heteroatoms. The van der Waals surface area contributed by atoms with E-state index >= 15 is 0 Å². The van der Waals surface area contributed by atoms with Crippen LogP contribution in [0.2, 0.25) is 0 Å². The van der Waals surface area contributed by atoms with Crippen LogP contribution in [0.25, 0.3) is 0 Å². The number of rotatable bonds is 6. The quantitative estimate of drug-likeness (QED) is 0.228. The first-order valence-electron chi connectivity index (χ1n) is 13.7. The normalized spacial score (nSPS) is 23.9. The minimum atomic E-state index is -4.46. The minimum Gasteiger partial charge on any atom is -0.457 e. The van der Waals surface area contributed by atoms with E-state index in [1.54, 1.807) is 24.3 Å². The average molecular weight is 583 g/mol. The molecule has 2 aromatic rings. The lowest BCUT2D eigenvalue weighted by Crippen LogP contribution is -2.68. The summed E-state index contributed by atoms with van der Waals surface area (Å²) in [5.74, 6) is 4.04. The standard InChI is InChI=1S/C32H33F3N2O5/c1-4-17-37-18-16-30(26-6-5-7-28(19-26)41-22(2)38)20-27(14-15-31(30,21-37)42-23(3)39)36-29(40)13-10-24-8-11-25(12-9-24)32(33,34)35/h4-9,11-12,19,27H,1,14-18,20-21H2,2-3H3,(H,36,40)/t27-,30+,31+/m1/s1. The number of nitrogens with one attached hydrogen (secondary N) is 1. The summed E-state index contributed by atoms with van der Waals surface area (Å²) in [5, 5.41) is 2.96. The fourth-order valence-electron chi connectivity index (χ4n) is 6.26. The van der Waals surface area contributed by atoms with Crippen LogP contribution in [0.3, 0.4) is 0 Å². The predicted octanol–water partition coefficient (Wildman–Crippen LogP) is 4.78. The maximum atomic E-state index is 12.9. The molecule has 1 aliphatic carbocycles. The molecule has 1 heterocycles. The third-order valence-electron chi connectivity index (χ3n) is 7.94. The highest BCUT2D eigenvalue weighted by molar-refractivity contribution is 5.94. The van der Waals surface area contributed by atoms with Crippen molar-refractivity contribution < 1.29 is 37.0 Å². The van der Waals surface area contributed by atoms with Gasteiger partial charge in [-0.1, -0.05) is 24.1 Å². The highest BCUT2D eigenvalue weighted by atomic mass is 19.4. The van der Waals surface area contributed by atoms with Crippen LogP contribution in [-0.2, 0) is 30.7 Å². The summed E-state index contributed by atoms with van der Waals surface area (Å²) in [7, 11) is 0. The lowest BCUT2D eigenvalue weighted by atomic mass is 9.55. The second kappa shape index (κ2) is 12.4. The summed E-state index contributed by atoms with van der Waals surface area (Å²) in [5.41, 5.74) is -1.32. The van der Waals surface area contributed by atoms with Gasteiger partial charge in [-0.3, -0.25) is 19.3 Å². The number of benzene rings is 2. The van der Waals surface area contributed by atoms with Crippen molar-refractivity contribution in [2.45, 2.75) is 62.8 Å². The molecule has 0 spiro atoms. The van der Waals surface area contributed by atoms with Gasteiger partial charge < -0.3 is 14.8 Å². The van der Waals surface area contributed by atoms with Crippen LogP contribution in [-0.4, -0.2) is 54.0 Å². The summed E-state index contributed by atoms with van der Waals surface area (Å²) in [6, 6.07) is 11.1. The molecule has 2 fully saturated rings. The number of ether oxygens (including phenoxy) is 2. The molecular weight excluding hydrogens is 549 g/mol. The third-order valence-corrected chi connectivity index (χ3v) is 7.94. The maximum Gasteiger partial charge on any atom is 0.416 e. The van der Waals surface area contributed by atoms with E-state index in [4.69, 9.17) is 9.47 Å². The second-order valence-electron chi connectivity index (χ2n) is 10.8. The molecule has 0 aromatic heterocycles. The van der Waals surface area contributed by atoms with Gasteiger partial charge in [0.25, 0.3) is 5.91 Å². The monoisotopic (exact) mass is 582 g/mol. The smallest absolute Gasteiger partial charge is 0.416 e. The number of hydrogen-bond donors (Lipinski definition) is 1. The van der Waals surface area contributed by atoms with Crippen molar-refractivity contribution in [1.82, 2.24) is 10.2 Å². The van der Waals surface area contributed by atoms with Gasteiger partial charge in [0, 0.05) is 49.9 Å². The zero-order valence-electron chi connectivity index (χ0n) is 23.6. The van der Waals surface area contributed by atoms with Gasteiger partial charge in [-0.15, -0.1) is 6.58 Å². The van der Waals surface area contributed by atoms with Crippen LogP contribution in [0.5, 0.6) is 5.75 Å². The summed E-state index contributed by atoms with van der Waals surface area (Å²) in [6.45, 7) is 8.31. The Labute approximate surface area is 243 Å². The van der Waals surface area contributed by atoms with Crippen LogP contribution in [0.1, 0.15) is 56.2 Å². The molecule has 2 aliphatic rings. The number of carbonyl (C=O) groups excluding carboxylic acids is 3. The van der Waals surface area contributed by atoms with Crippen LogP contribution >= 0.6 is 0 Å². The first-order valence-corrected chi connectivity index (χ1v) is 13.7. The first-order chi connectivity index (χ1) is 19.9. The first kappa shape index (κ1) is 30.8. The molecule has 4 rings (SSSR count). The fourth-order valence-corrected chi connectivity index (χ4v) is 6.26. The average Bonchev–Trinajstić information content (AvgIpc) is 2.91. The largest absolute Gasteiger partial charge is 0.457 e. The molecule has 0 unspecified atom stereocenters. The number of piperidine rings is 1. The SMILES string of the molecule is C=CCN1CC[C@@]2(c3cccc(OC(C)=O)c3)C[C@H](NC(=O)C#Cc3ccc(C(F)(F)F)cc3)CC[C@]2(OC(C)=O)C1. The number of carbonyl (C=O) groups is 3. The van der Waals surface area contributed by atoms with Crippen LogP contribution in [0, 0.1) is 11.8 Å². The van der Waals surface area contributed by atoms with E-state index in [0.717, 1.165) is 17.7 Å². The Morgan fingerprint density at radius 3 is 2.50 bits per heavy atom. The van der Waals surface area contributed by atoms with Crippen molar-refractivity contribution >= 4 is 17.8 Å². The zero-order valence-corrected chi connectivity index (χ0v) is 23.6. The molecular formula is C32H33F3N2O5. The molecule has 1 N–H and O–H groups in total. The molecule has 42 heavy (non-hydrogen) atoms. The number of nitrogens with zero attached hydrogens (tertiary/aromatic N) is 1. The number of hydrogen-bond acceptors (Lipinski definition) is 6. The maximum absolute atomic E-state index is 12.9. The van der Waals surface area contributed by atoms with E-state index in [2.05, 4.69) is 28.6 Å². The fraction of sp³-hybridized carbons (Fsp3) is 0.406. The van der Waals surface area contributed by atoms with Gasteiger partial charge in [0.15, 0.2) is 0 Å². The zero-order chi connectivity index (χ0) is 30.5. The highest BCUT2D eigenvalue weighted by Crippen LogP contribution is 2.54. The molecule has 0 radical (unpaired) electrons. The number of halogens is 3. The van der Waals surface area contributed by atoms with Crippen molar-refractivity contribution in [2.75, 3.05) is 19.6 Å². The Balaban J connectivity index is 1.64. The Morgan fingerprint density at radius 2 is 1.86 bits per heavy atom. The number of esters is 2. The summed E-state index contributed by atoms with van der Waals surface area (Å²) in [4.78, 5) is 39.2. The molecule has 0 bridgehead atoms. The third kappa shape index (κ3) is 6.85. The number of likely N-dealkylation sites (tertiary alicyclic amines) is 1. The molecule has 2 aromatic carbocycles.